The molecule has 8 heteroatoms. The molecule has 1 N–H and O–H groups in total. The third-order valence-corrected chi connectivity index (χ3v) is 5.57. The van der Waals surface area contributed by atoms with Gasteiger partial charge in [-0.2, -0.15) is 0 Å². The molecular weight excluding hydrogens is 364 g/mol. The van der Waals surface area contributed by atoms with Gasteiger partial charge in [0.1, 0.15) is 4.90 Å². The van der Waals surface area contributed by atoms with Crippen molar-refractivity contribution in [1.82, 2.24) is 5.48 Å². The van der Waals surface area contributed by atoms with Crippen molar-refractivity contribution in [3.8, 4) is 0 Å². The minimum atomic E-state index is -4.01. The molecular formula is C17H17ClN2O4S. The van der Waals surface area contributed by atoms with Crippen molar-refractivity contribution in [2.24, 2.45) is 0 Å². The number of sulfonamides is 1. The number of para-hydroxylation sites is 1. The molecule has 0 unspecified atom stereocenters. The van der Waals surface area contributed by atoms with Gasteiger partial charge in [0.05, 0.1) is 24.4 Å². The molecule has 2 aromatic rings. The number of anilines is 1. The van der Waals surface area contributed by atoms with Crippen LogP contribution in [-0.4, -0.2) is 28.0 Å². The number of carbonyl (C=O) groups excluding carboxylic acids is 1. The highest BCUT2D eigenvalue weighted by Gasteiger charge is 2.27. The normalized spacial score (nSPS) is 11.0. The van der Waals surface area contributed by atoms with E-state index in [0.29, 0.717) is 5.69 Å². The molecule has 0 bridgehead atoms. The van der Waals surface area contributed by atoms with E-state index in [1.54, 1.807) is 30.3 Å². The fraction of sp³-hybridized carbons (Fsp3) is 0.118. The number of nitrogens with zero attached hydrogens (tertiary/aromatic N) is 1. The summed E-state index contributed by atoms with van der Waals surface area (Å²) < 4.78 is 27.4. The predicted molar refractivity (Wildman–Crippen MR) is 97.1 cm³/mol. The summed E-state index contributed by atoms with van der Waals surface area (Å²) in [5, 5.41) is 0.0129. The number of halogens is 1. The molecule has 0 aliphatic carbocycles. The van der Waals surface area contributed by atoms with Gasteiger partial charge in [-0.3, -0.25) is 13.9 Å². The number of carbonyl (C=O) groups is 1. The second kappa shape index (κ2) is 8.15. The Labute approximate surface area is 151 Å². The van der Waals surface area contributed by atoms with Gasteiger partial charge in [0.2, 0.25) is 0 Å². The van der Waals surface area contributed by atoms with Crippen LogP contribution in [0.25, 0.3) is 0 Å². The lowest BCUT2D eigenvalue weighted by Gasteiger charge is -2.24. The minimum Gasteiger partial charge on any atom is -0.277 e. The fourth-order valence-electron chi connectivity index (χ4n) is 2.17. The van der Waals surface area contributed by atoms with E-state index in [-0.39, 0.29) is 22.0 Å². The Bertz CT molecular complexity index is 869. The zero-order valence-electron chi connectivity index (χ0n) is 13.5. The molecule has 0 fully saturated rings. The molecule has 25 heavy (non-hydrogen) atoms. The van der Waals surface area contributed by atoms with Crippen LogP contribution in [0.4, 0.5) is 5.69 Å². The van der Waals surface area contributed by atoms with E-state index in [1.165, 1.54) is 35.7 Å². The van der Waals surface area contributed by atoms with E-state index in [9.17, 15) is 13.2 Å². The summed E-state index contributed by atoms with van der Waals surface area (Å²) in [4.78, 5) is 16.3. The zero-order chi connectivity index (χ0) is 18.4. The monoisotopic (exact) mass is 380 g/mol. The van der Waals surface area contributed by atoms with Gasteiger partial charge in [-0.1, -0.05) is 35.9 Å². The summed E-state index contributed by atoms with van der Waals surface area (Å²) in [7, 11) is -2.72. The predicted octanol–water partition coefficient (Wildman–Crippen LogP) is 3.01. The highest BCUT2D eigenvalue weighted by molar-refractivity contribution is 7.93. The molecule has 0 saturated carbocycles. The van der Waals surface area contributed by atoms with Crippen molar-refractivity contribution in [3.63, 3.8) is 0 Å². The number of nitrogens with one attached hydrogen (secondary N) is 1. The first-order valence-electron chi connectivity index (χ1n) is 7.23. The second-order valence-electron chi connectivity index (χ2n) is 4.94. The Kier molecular flexibility index (Phi) is 6.19. The number of amides is 1. The first kappa shape index (κ1) is 19.0. The Morgan fingerprint density at radius 1 is 1.28 bits per heavy atom. The maximum Gasteiger partial charge on any atom is 0.274 e. The molecule has 2 aromatic carbocycles. The van der Waals surface area contributed by atoms with Crippen LogP contribution in [0, 0.1) is 0 Å². The summed E-state index contributed by atoms with van der Waals surface area (Å²) >= 11 is 6.10. The lowest BCUT2D eigenvalue weighted by Crippen LogP contribution is -2.31. The van der Waals surface area contributed by atoms with Gasteiger partial charge in [-0.05, 0) is 30.3 Å². The van der Waals surface area contributed by atoms with E-state index in [4.69, 9.17) is 11.6 Å². The molecule has 0 heterocycles. The summed E-state index contributed by atoms with van der Waals surface area (Å²) in [5.74, 6) is -0.578. The van der Waals surface area contributed by atoms with Gasteiger partial charge in [-0.25, -0.2) is 13.9 Å². The van der Waals surface area contributed by atoms with E-state index >= 15 is 0 Å². The minimum absolute atomic E-state index is 0.0129. The van der Waals surface area contributed by atoms with E-state index < -0.39 is 15.9 Å². The van der Waals surface area contributed by atoms with Crippen LogP contribution in [0.3, 0.4) is 0 Å². The third-order valence-electron chi connectivity index (χ3n) is 3.30. The largest absolute Gasteiger partial charge is 0.277 e. The quantitative estimate of drug-likeness (QED) is 0.591. The highest BCUT2D eigenvalue weighted by atomic mass is 35.5. The number of hydrogen-bond acceptors (Lipinski definition) is 4. The molecule has 0 aromatic heterocycles. The highest BCUT2D eigenvalue weighted by Crippen LogP contribution is 2.29. The summed E-state index contributed by atoms with van der Waals surface area (Å²) in [5.41, 5.74) is 2.71. The van der Waals surface area contributed by atoms with Crippen LogP contribution < -0.4 is 9.79 Å². The van der Waals surface area contributed by atoms with Crippen LogP contribution >= 0.6 is 11.6 Å². The van der Waals surface area contributed by atoms with Gasteiger partial charge in [0, 0.05) is 5.56 Å². The smallest absolute Gasteiger partial charge is 0.274 e. The Hall–Kier alpha value is -2.35. The van der Waals surface area contributed by atoms with E-state index in [0.717, 1.165) is 0 Å². The summed E-state index contributed by atoms with van der Waals surface area (Å²) in [6.07, 6.45) is 1.47. The van der Waals surface area contributed by atoms with Gasteiger partial charge in [0.25, 0.3) is 15.9 Å². The van der Waals surface area contributed by atoms with Crippen molar-refractivity contribution in [2.45, 2.75) is 4.90 Å². The van der Waals surface area contributed by atoms with Crippen LogP contribution in [0.5, 0.6) is 0 Å². The topological polar surface area (TPSA) is 75.7 Å². The fourth-order valence-corrected chi connectivity index (χ4v) is 4.11. The number of hydrogen-bond donors (Lipinski definition) is 1. The Balaban J connectivity index is 2.55. The van der Waals surface area contributed by atoms with E-state index in [2.05, 4.69) is 16.9 Å². The molecule has 0 aliphatic rings. The zero-order valence-corrected chi connectivity index (χ0v) is 15.0. The van der Waals surface area contributed by atoms with Crippen LogP contribution in [0.15, 0.2) is 66.1 Å². The van der Waals surface area contributed by atoms with Gasteiger partial charge < -0.3 is 0 Å². The van der Waals surface area contributed by atoms with Crippen LogP contribution in [0.1, 0.15) is 10.4 Å². The van der Waals surface area contributed by atoms with Gasteiger partial charge in [-0.15, -0.1) is 6.58 Å². The Morgan fingerprint density at radius 3 is 2.56 bits per heavy atom. The molecule has 0 saturated heterocycles. The SMILES string of the molecule is C=CCN(c1ccccc1)S(=O)(=O)c1cc(C(=O)NOC)ccc1Cl. The lowest BCUT2D eigenvalue weighted by atomic mass is 10.2. The second-order valence-corrected chi connectivity index (χ2v) is 7.18. The first-order chi connectivity index (χ1) is 11.9. The summed E-state index contributed by atoms with van der Waals surface area (Å²) in [6.45, 7) is 3.66. The average molecular weight is 381 g/mol. The molecule has 0 spiro atoms. The van der Waals surface area contributed by atoms with Gasteiger partial charge in [0.15, 0.2) is 0 Å². The molecule has 1 amide bonds. The Morgan fingerprint density at radius 2 is 1.96 bits per heavy atom. The van der Waals surface area contributed by atoms with Gasteiger partial charge >= 0.3 is 0 Å². The third kappa shape index (κ3) is 4.19. The molecule has 6 nitrogen and oxygen atoms in total. The van der Waals surface area contributed by atoms with Crippen molar-refractivity contribution in [3.05, 3.63) is 71.8 Å². The van der Waals surface area contributed by atoms with Crippen LogP contribution in [0.2, 0.25) is 5.02 Å². The molecule has 2 rings (SSSR count). The maximum absolute atomic E-state index is 13.1. The molecule has 0 aliphatic heterocycles. The molecule has 0 radical (unpaired) electrons. The standard InChI is InChI=1S/C17H17ClN2O4S/c1-3-11-20(14-7-5-4-6-8-14)25(22,23)16-12-13(9-10-15(16)18)17(21)19-24-2/h3-10,12H,1,11H2,2H3,(H,19,21). The maximum atomic E-state index is 13.1. The van der Waals surface area contributed by atoms with Crippen molar-refractivity contribution < 1.29 is 18.0 Å². The number of hydroxylamine groups is 1. The number of benzene rings is 2. The van der Waals surface area contributed by atoms with Crippen molar-refractivity contribution in [1.29, 1.82) is 0 Å². The number of rotatable bonds is 7. The average Bonchev–Trinajstić information content (AvgIpc) is 2.60. The first-order valence-corrected chi connectivity index (χ1v) is 9.05. The molecule has 0 atom stereocenters. The van der Waals surface area contributed by atoms with Crippen LogP contribution in [-0.2, 0) is 14.9 Å². The lowest BCUT2D eigenvalue weighted by molar-refractivity contribution is 0.0537. The van der Waals surface area contributed by atoms with Crippen molar-refractivity contribution >= 4 is 33.2 Å². The summed E-state index contributed by atoms with van der Waals surface area (Å²) in [6, 6.07) is 12.5. The van der Waals surface area contributed by atoms with Crippen molar-refractivity contribution in [2.75, 3.05) is 18.0 Å². The molecule has 132 valence electrons. The van der Waals surface area contributed by atoms with E-state index in [1.807, 2.05) is 0 Å².